The largest absolute Gasteiger partial charge is 0.481 e. The zero-order valence-electron chi connectivity index (χ0n) is 19.7. The maximum atomic E-state index is 12.8. The molecular weight excluding hydrogens is 506 g/mol. The van der Waals surface area contributed by atoms with Crippen LogP contribution in [0.1, 0.15) is 46.9 Å². The molecule has 1 aliphatic carbocycles. The van der Waals surface area contributed by atoms with E-state index < -0.39 is 23.6 Å². The van der Waals surface area contributed by atoms with Gasteiger partial charge in [0.2, 0.25) is 0 Å². The van der Waals surface area contributed by atoms with E-state index in [1.165, 1.54) is 22.7 Å². The normalized spacial score (nSPS) is 14.6. The van der Waals surface area contributed by atoms with Crippen LogP contribution in [0.4, 0.5) is 10.5 Å². The molecule has 6 rings (SSSR count). The lowest BCUT2D eigenvalue weighted by molar-refractivity contribution is -0.139. The number of nitrogens with one attached hydrogen (secondary N) is 1. The summed E-state index contributed by atoms with van der Waals surface area (Å²) in [7, 11) is 0. The van der Waals surface area contributed by atoms with Crippen molar-refractivity contribution < 1.29 is 19.4 Å². The second-order valence-corrected chi connectivity index (χ2v) is 11.1. The molecule has 0 aliphatic heterocycles. The van der Waals surface area contributed by atoms with Crippen molar-refractivity contribution in [1.29, 1.82) is 0 Å². The van der Waals surface area contributed by atoms with Gasteiger partial charge in [-0.2, -0.15) is 5.10 Å². The summed E-state index contributed by atoms with van der Waals surface area (Å²) in [5.74, 6) is 5.52. The molecule has 1 atom stereocenters. The van der Waals surface area contributed by atoms with E-state index in [-0.39, 0.29) is 0 Å². The first-order chi connectivity index (χ1) is 17.9. The fourth-order valence-electron chi connectivity index (χ4n) is 4.24. The number of anilines is 1. The van der Waals surface area contributed by atoms with Gasteiger partial charge in [0, 0.05) is 20.5 Å². The van der Waals surface area contributed by atoms with Gasteiger partial charge in [-0.1, -0.05) is 36.4 Å². The van der Waals surface area contributed by atoms with Gasteiger partial charge < -0.3 is 9.84 Å². The first kappa shape index (κ1) is 23.3. The number of carboxylic acid groups (broad SMARTS) is 1. The summed E-state index contributed by atoms with van der Waals surface area (Å²) in [4.78, 5) is 26.2. The molecule has 1 amide bonds. The third kappa shape index (κ3) is 4.35. The molecular formula is C28H21N3O4S2. The van der Waals surface area contributed by atoms with Crippen molar-refractivity contribution in [2.24, 2.45) is 0 Å². The van der Waals surface area contributed by atoms with Crippen LogP contribution in [0.25, 0.3) is 14.9 Å². The molecule has 1 saturated carbocycles. The molecule has 7 nitrogen and oxygen atoms in total. The van der Waals surface area contributed by atoms with E-state index in [0.29, 0.717) is 29.7 Å². The minimum absolute atomic E-state index is 0.419. The van der Waals surface area contributed by atoms with Crippen molar-refractivity contribution in [3.8, 4) is 11.8 Å². The molecule has 184 valence electrons. The summed E-state index contributed by atoms with van der Waals surface area (Å²) in [5, 5.41) is 17.0. The molecule has 4 heterocycles. The van der Waals surface area contributed by atoms with E-state index >= 15 is 0 Å². The number of fused-ring (bicyclic) bond motifs is 2. The summed E-state index contributed by atoms with van der Waals surface area (Å²) in [6.07, 6.45) is 2.17. The average Bonchev–Trinajstić information content (AvgIpc) is 3.33. The molecule has 0 radical (unpaired) electrons. The van der Waals surface area contributed by atoms with E-state index in [0.717, 1.165) is 24.7 Å². The van der Waals surface area contributed by atoms with Gasteiger partial charge in [-0.3, -0.25) is 10.1 Å². The van der Waals surface area contributed by atoms with Crippen molar-refractivity contribution in [2.75, 3.05) is 5.32 Å². The fraction of sp³-hybridized carbons (Fsp3) is 0.179. The lowest BCUT2D eigenvalue weighted by Gasteiger charge is -2.14. The topological polar surface area (TPSA) is 92.9 Å². The van der Waals surface area contributed by atoms with E-state index in [1.807, 2.05) is 67.6 Å². The van der Waals surface area contributed by atoms with Crippen LogP contribution in [-0.2, 0) is 14.9 Å². The number of amides is 1. The summed E-state index contributed by atoms with van der Waals surface area (Å²) < 4.78 is 9.32. The van der Waals surface area contributed by atoms with Crippen molar-refractivity contribution >= 4 is 55.3 Å². The van der Waals surface area contributed by atoms with Crippen LogP contribution in [0, 0.1) is 11.8 Å². The molecule has 0 bridgehead atoms. The molecule has 1 aromatic carbocycles. The molecule has 4 aromatic heterocycles. The molecule has 0 spiro atoms. The Morgan fingerprint density at radius 3 is 2.57 bits per heavy atom. The smallest absolute Gasteiger partial charge is 0.412 e. The maximum absolute atomic E-state index is 12.8. The Morgan fingerprint density at radius 2 is 1.84 bits per heavy atom. The Kier molecular flexibility index (Phi) is 5.71. The molecule has 2 N–H and O–H groups in total. The number of carbonyl (C=O) groups is 2. The quantitative estimate of drug-likeness (QED) is 0.257. The summed E-state index contributed by atoms with van der Waals surface area (Å²) >= 11 is 3.05. The number of rotatable bonds is 5. The molecule has 0 saturated heterocycles. The third-order valence-electron chi connectivity index (χ3n) is 6.46. The Hall–Kier alpha value is -4.13. The van der Waals surface area contributed by atoms with E-state index in [4.69, 9.17) is 4.74 Å². The van der Waals surface area contributed by atoms with Gasteiger partial charge in [0.05, 0.1) is 10.4 Å². The Labute approximate surface area is 220 Å². The van der Waals surface area contributed by atoms with Crippen LogP contribution in [0.5, 0.6) is 0 Å². The highest BCUT2D eigenvalue weighted by Crippen LogP contribution is 2.52. The average molecular weight is 528 g/mol. The number of aliphatic carboxylic acids is 1. The fourth-order valence-corrected chi connectivity index (χ4v) is 6.73. The molecule has 37 heavy (non-hydrogen) atoms. The Balaban J connectivity index is 1.26. The number of hydrogen-bond donors (Lipinski definition) is 2. The van der Waals surface area contributed by atoms with Crippen LogP contribution < -0.4 is 5.32 Å². The first-order valence-corrected chi connectivity index (χ1v) is 13.4. The van der Waals surface area contributed by atoms with Crippen LogP contribution in [0.3, 0.4) is 0 Å². The van der Waals surface area contributed by atoms with Crippen molar-refractivity contribution in [1.82, 2.24) is 9.61 Å². The standard InChI is InChI=1S/C28H21N3O4S2/c1-17(18-7-3-2-4-8-18)35-27(34)29-25-20(30-31-14-6-5-9-21(25)31)11-10-19-15-22-23(36-19)16-24(37-22)28(12-13-28)26(32)33/h2-9,14-17H,12-13H2,1H3,(H,29,34)(H,32,33). The first-order valence-electron chi connectivity index (χ1n) is 11.7. The van der Waals surface area contributed by atoms with Crippen molar-refractivity contribution in [3.63, 3.8) is 0 Å². The number of carbonyl (C=O) groups excluding carboxylic acids is 1. The lowest BCUT2D eigenvalue weighted by Crippen LogP contribution is -2.17. The highest BCUT2D eigenvalue weighted by molar-refractivity contribution is 7.28. The number of nitrogens with zero attached hydrogens (tertiary/aromatic N) is 2. The van der Waals surface area contributed by atoms with Crippen LogP contribution in [0.15, 0.2) is 66.9 Å². The summed E-state index contributed by atoms with van der Waals surface area (Å²) in [5.41, 5.74) is 1.82. The number of carboxylic acids is 1. The van der Waals surface area contributed by atoms with Crippen LogP contribution in [-0.4, -0.2) is 26.8 Å². The van der Waals surface area contributed by atoms with E-state index in [1.54, 1.807) is 10.7 Å². The number of pyridine rings is 1. The van der Waals surface area contributed by atoms with Gasteiger partial charge in [0.15, 0.2) is 5.69 Å². The predicted molar refractivity (Wildman–Crippen MR) is 144 cm³/mol. The Morgan fingerprint density at radius 1 is 1.08 bits per heavy atom. The molecule has 9 heteroatoms. The number of hydrogen-bond acceptors (Lipinski definition) is 6. The number of aromatic nitrogens is 2. The molecule has 1 fully saturated rings. The van der Waals surface area contributed by atoms with E-state index in [9.17, 15) is 14.7 Å². The molecule has 1 unspecified atom stereocenters. The third-order valence-corrected chi connectivity index (χ3v) is 8.87. The predicted octanol–water partition coefficient (Wildman–Crippen LogP) is 6.44. The highest BCUT2D eigenvalue weighted by Gasteiger charge is 2.53. The van der Waals surface area contributed by atoms with Gasteiger partial charge in [-0.05, 0) is 61.4 Å². The monoisotopic (exact) mass is 527 g/mol. The zero-order valence-corrected chi connectivity index (χ0v) is 21.4. The second kappa shape index (κ2) is 9.07. The van der Waals surface area contributed by atoms with Gasteiger partial charge in [-0.25, -0.2) is 9.31 Å². The molecule has 1 aliphatic rings. The summed E-state index contributed by atoms with van der Waals surface area (Å²) in [6, 6.07) is 19.1. The second-order valence-electron chi connectivity index (χ2n) is 8.92. The van der Waals surface area contributed by atoms with Crippen molar-refractivity contribution in [2.45, 2.75) is 31.3 Å². The zero-order chi connectivity index (χ0) is 25.6. The van der Waals surface area contributed by atoms with Gasteiger partial charge in [0.25, 0.3) is 0 Å². The number of thiophene rings is 2. The molecule has 5 aromatic rings. The lowest BCUT2D eigenvalue weighted by atomic mass is 10.1. The van der Waals surface area contributed by atoms with Crippen molar-refractivity contribution in [3.05, 3.63) is 87.9 Å². The summed E-state index contributed by atoms with van der Waals surface area (Å²) in [6.45, 7) is 1.82. The van der Waals surface area contributed by atoms with E-state index in [2.05, 4.69) is 22.3 Å². The minimum atomic E-state index is -0.745. The number of ether oxygens (including phenoxy) is 1. The van der Waals surface area contributed by atoms with Gasteiger partial charge in [-0.15, -0.1) is 22.7 Å². The van der Waals surface area contributed by atoms with Gasteiger partial charge >= 0.3 is 12.1 Å². The van der Waals surface area contributed by atoms with Crippen LogP contribution >= 0.6 is 22.7 Å². The SMILES string of the molecule is CC(OC(=O)Nc1c(C#Cc2cc3sc(C4(C(=O)O)CC4)cc3s2)nn2ccccc12)c1ccccc1. The number of benzene rings is 1. The maximum Gasteiger partial charge on any atom is 0.412 e. The highest BCUT2D eigenvalue weighted by atomic mass is 32.1. The Bertz CT molecular complexity index is 1690. The van der Waals surface area contributed by atoms with Gasteiger partial charge in [0.1, 0.15) is 17.2 Å². The van der Waals surface area contributed by atoms with Crippen LogP contribution in [0.2, 0.25) is 0 Å². The minimum Gasteiger partial charge on any atom is -0.481 e.